The number of aromatic nitrogens is 2. The standard InChI is InChI=1S/C27H31N3O3/c31-27(32)24-14-16-30(17-15-24)18-19-6-8-22(9-7-19)25-28-26(33-29-25)23-12-10-21(11-13-23)20-4-2-1-3-5-20/h6-13,20,24H,1-5,14-18H2,(H,31,32). The molecule has 2 heterocycles. The summed E-state index contributed by atoms with van der Waals surface area (Å²) < 4.78 is 5.55. The summed E-state index contributed by atoms with van der Waals surface area (Å²) in [6.45, 7) is 2.48. The number of carbonyl (C=O) groups is 1. The van der Waals surface area contributed by atoms with Crippen LogP contribution in [0.15, 0.2) is 53.1 Å². The van der Waals surface area contributed by atoms with Gasteiger partial charge in [-0.05, 0) is 68.0 Å². The van der Waals surface area contributed by atoms with Crippen LogP contribution in [0.4, 0.5) is 0 Å². The molecule has 5 rings (SSSR count). The Balaban J connectivity index is 1.20. The van der Waals surface area contributed by atoms with Crippen LogP contribution in [0.1, 0.15) is 62.0 Å². The molecule has 0 spiro atoms. The lowest BCUT2D eigenvalue weighted by Crippen LogP contribution is -2.35. The largest absolute Gasteiger partial charge is 0.481 e. The van der Waals surface area contributed by atoms with E-state index in [2.05, 4.69) is 51.4 Å². The van der Waals surface area contributed by atoms with Crippen molar-refractivity contribution in [3.8, 4) is 22.8 Å². The summed E-state index contributed by atoms with van der Waals surface area (Å²) in [7, 11) is 0. The van der Waals surface area contributed by atoms with E-state index in [4.69, 9.17) is 9.63 Å². The highest BCUT2D eigenvalue weighted by Crippen LogP contribution is 2.33. The molecule has 1 aromatic heterocycles. The number of hydrogen-bond acceptors (Lipinski definition) is 5. The van der Waals surface area contributed by atoms with E-state index in [0.717, 1.165) is 43.6 Å². The zero-order valence-electron chi connectivity index (χ0n) is 18.9. The molecule has 0 radical (unpaired) electrons. The minimum atomic E-state index is -0.668. The average molecular weight is 446 g/mol. The van der Waals surface area contributed by atoms with Crippen molar-refractivity contribution in [3.05, 3.63) is 59.7 Å². The van der Waals surface area contributed by atoms with E-state index in [1.807, 2.05) is 12.1 Å². The number of rotatable bonds is 6. The van der Waals surface area contributed by atoms with Crippen molar-refractivity contribution in [3.63, 3.8) is 0 Å². The predicted molar refractivity (Wildman–Crippen MR) is 127 cm³/mol. The molecule has 6 nitrogen and oxygen atoms in total. The molecule has 1 aliphatic carbocycles. The molecule has 0 unspecified atom stereocenters. The first-order valence-corrected chi connectivity index (χ1v) is 12.1. The Morgan fingerprint density at radius 1 is 0.909 bits per heavy atom. The van der Waals surface area contributed by atoms with Crippen molar-refractivity contribution >= 4 is 5.97 Å². The third-order valence-corrected chi connectivity index (χ3v) is 7.22. The van der Waals surface area contributed by atoms with E-state index in [-0.39, 0.29) is 5.92 Å². The van der Waals surface area contributed by atoms with Crippen molar-refractivity contribution in [1.29, 1.82) is 0 Å². The summed E-state index contributed by atoms with van der Waals surface area (Å²) in [5.41, 5.74) is 4.50. The van der Waals surface area contributed by atoms with E-state index in [9.17, 15) is 4.79 Å². The van der Waals surface area contributed by atoms with Crippen LogP contribution in [0.3, 0.4) is 0 Å². The van der Waals surface area contributed by atoms with Gasteiger partial charge < -0.3 is 9.63 Å². The highest BCUT2D eigenvalue weighted by molar-refractivity contribution is 5.70. The van der Waals surface area contributed by atoms with Gasteiger partial charge >= 0.3 is 5.97 Å². The first-order valence-electron chi connectivity index (χ1n) is 12.1. The lowest BCUT2D eigenvalue weighted by atomic mass is 9.84. The van der Waals surface area contributed by atoms with Gasteiger partial charge in [0.05, 0.1) is 5.92 Å². The van der Waals surface area contributed by atoms with Crippen molar-refractivity contribution in [1.82, 2.24) is 15.0 Å². The van der Waals surface area contributed by atoms with Crippen LogP contribution >= 0.6 is 0 Å². The minimum absolute atomic E-state index is 0.195. The van der Waals surface area contributed by atoms with E-state index >= 15 is 0 Å². The normalized spacial score (nSPS) is 18.4. The summed E-state index contributed by atoms with van der Waals surface area (Å²) in [5, 5.41) is 13.3. The van der Waals surface area contributed by atoms with Gasteiger partial charge in [0.15, 0.2) is 0 Å². The van der Waals surface area contributed by atoms with Crippen LogP contribution in [0.5, 0.6) is 0 Å². The van der Waals surface area contributed by atoms with Crippen molar-refractivity contribution < 1.29 is 14.4 Å². The molecule has 1 saturated carbocycles. The van der Waals surface area contributed by atoms with Gasteiger partial charge in [-0.25, -0.2) is 0 Å². The van der Waals surface area contributed by atoms with Crippen LogP contribution < -0.4 is 0 Å². The average Bonchev–Trinajstić information content (AvgIpc) is 3.36. The number of nitrogens with zero attached hydrogens (tertiary/aromatic N) is 3. The molecule has 1 aliphatic heterocycles. The number of hydrogen-bond donors (Lipinski definition) is 1. The molecular formula is C27H31N3O3. The zero-order chi connectivity index (χ0) is 22.6. The van der Waals surface area contributed by atoms with E-state index in [1.165, 1.54) is 43.2 Å². The number of aliphatic carboxylic acids is 1. The number of benzene rings is 2. The molecule has 33 heavy (non-hydrogen) atoms. The molecule has 6 heteroatoms. The monoisotopic (exact) mass is 445 g/mol. The highest BCUT2D eigenvalue weighted by atomic mass is 16.5. The van der Waals surface area contributed by atoms with Crippen LogP contribution in [0.25, 0.3) is 22.8 Å². The summed E-state index contributed by atoms with van der Waals surface area (Å²) in [5.74, 6) is 0.965. The summed E-state index contributed by atoms with van der Waals surface area (Å²) in [6.07, 6.45) is 8.07. The molecule has 0 amide bonds. The third kappa shape index (κ3) is 5.17. The van der Waals surface area contributed by atoms with Gasteiger partial charge in [-0.2, -0.15) is 4.98 Å². The first-order chi connectivity index (χ1) is 16.2. The van der Waals surface area contributed by atoms with Crippen LogP contribution in [0.2, 0.25) is 0 Å². The fourth-order valence-electron chi connectivity index (χ4n) is 5.15. The maximum atomic E-state index is 11.1. The van der Waals surface area contributed by atoms with Gasteiger partial charge in [0.25, 0.3) is 5.89 Å². The Hall–Kier alpha value is -2.99. The van der Waals surface area contributed by atoms with Crippen LogP contribution in [0, 0.1) is 5.92 Å². The van der Waals surface area contributed by atoms with Gasteiger partial charge in [0.1, 0.15) is 0 Å². The van der Waals surface area contributed by atoms with Gasteiger partial charge in [-0.3, -0.25) is 9.69 Å². The molecule has 2 aliphatic rings. The highest BCUT2D eigenvalue weighted by Gasteiger charge is 2.24. The first kappa shape index (κ1) is 21.8. The lowest BCUT2D eigenvalue weighted by Gasteiger charge is -2.30. The van der Waals surface area contributed by atoms with Crippen LogP contribution in [-0.2, 0) is 11.3 Å². The fourth-order valence-corrected chi connectivity index (χ4v) is 5.15. The molecule has 0 atom stereocenters. The molecular weight excluding hydrogens is 414 g/mol. The topological polar surface area (TPSA) is 79.5 Å². The summed E-state index contributed by atoms with van der Waals surface area (Å²) in [6, 6.07) is 16.9. The van der Waals surface area contributed by atoms with Gasteiger partial charge in [-0.1, -0.05) is 60.8 Å². The quantitative estimate of drug-likeness (QED) is 0.521. The molecule has 0 bridgehead atoms. The third-order valence-electron chi connectivity index (χ3n) is 7.22. The summed E-state index contributed by atoms with van der Waals surface area (Å²) in [4.78, 5) is 18.1. The lowest BCUT2D eigenvalue weighted by molar-refractivity contribution is -0.143. The van der Waals surface area contributed by atoms with Crippen molar-refractivity contribution in [2.45, 2.75) is 57.4 Å². The van der Waals surface area contributed by atoms with Crippen LogP contribution in [-0.4, -0.2) is 39.2 Å². The van der Waals surface area contributed by atoms with E-state index in [1.54, 1.807) is 0 Å². The molecule has 2 aromatic carbocycles. The molecule has 1 saturated heterocycles. The SMILES string of the molecule is O=C(O)C1CCN(Cc2ccc(-c3noc(-c4ccc(C5CCCCC5)cc4)n3)cc2)CC1. The molecule has 2 fully saturated rings. The number of carboxylic acids is 1. The summed E-state index contributed by atoms with van der Waals surface area (Å²) >= 11 is 0. The second kappa shape index (κ2) is 9.87. The number of carboxylic acid groups (broad SMARTS) is 1. The van der Waals surface area contributed by atoms with Gasteiger partial charge in [0.2, 0.25) is 5.82 Å². The zero-order valence-corrected chi connectivity index (χ0v) is 18.9. The Morgan fingerprint density at radius 2 is 1.58 bits per heavy atom. The van der Waals surface area contributed by atoms with Crippen molar-refractivity contribution in [2.24, 2.45) is 5.92 Å². The van der Waals surface area contributed by atoms with Crippen molar-refractivity contribution in [2.75, 3.05) is 13.1 Å². The molecule has 172 valence electrons. The predicted octanol–water partition coefficient (Wildman–Crippen LogP) is 5.75. The molecule has 3 aromatic rings. The second-order valence-electron chi connectivity index (χ2n) is 9.47. The minimum Gasteiger partial charge on any atom is -0.481 e. The Bertz CT molecular complexity index is 1060. The maximum Gasteiger partial charge on any atom is 0.306 e. The maximum absolute atomic E-state index is 11.1. The van der Waals surface area contributed by atoms with E-state index in [0.29, 0.717) is 17.6 Å². The number of piperidine rings is 1. The fraction of sp³-hybridized carbons (Fsp3) is 0.444. The smallest absolute Gasteiger partial charge is 0.306 e. The van der Waals surface area contributed by atoms with Gasteiger partial charge in [0, 0.05) is 17.7 Å². The van der Waals surface area contributed by atoms with E-state index < -0.39 is 5.97 Å². The Labute approximate surface area is 194 Å². The Kier molecular flexibility index (Phi) is 6.53. The van der Waals surface area contributed by atoms with Gasteiger partial charge in [-0.15, -0.1) is 0 Å². The second-order valence-corrected chi connectivity index (χ2v) is 9.47. The Morgan fingerprint density at radius 3 is 2.24 bits per heavy atom. The number of likely N-dealkylation sites (tertiary alicyclic amines) is 1. The molecule has 1 N–H and O–H groups in total.